The van der Waals surface area contributed by atoms with E-state index in [0.717, 1.165) is 100 Å². The Balaban J connectivity index is 0.000000107. The van der Waals surface area contributed by atoms with Gasteiger partial charge in [-0.05, 0) is 184 Å². The monoisotopic (exact) mass is 1540 g/mol. The standard InChI is InChI=1S/C42H27N3.C40H25N3.C30H19N3/c1-2-8-28(9-3-1)29-14-16-30(17-15-29)31-18-20-32(21-19-31)35-22-23-39(42-41(35)43-24-25-44-42)45-38-13-7-6-12-36(38)37-26-33-10-4-5-11-34(33)27-40(37)45;1-2-10-30-25-38-35(24-29(30)9-1)34-13-5-6-15-36(34)43(38)37-21-20-33(39-40(37)42-23-22-41-39)28-18-16-27(17-19-28)32-14-7-11-26-8-3-4-12-31(26)32;1-2-8-20(9-3-1)23-14-15-27(30-29(23)31-16-17-32-30)33-26-13-7-6-12-24(26)25-18-21-10-4-5-11-22(21)19-28(25)33/h1-27H;1-25H;1-19H. The number of hydrogen-bond acceptors (Lipinski definition) is 6. The summed E-state index contributed by atoms with van der Waals surface area (Å²) in [6.07, 6.45) is 10.7. The highest BCUT2D eigenvalue weighted by Crippen LogP contribution is 2.44. The smallest absolute Gasteiger partial charge is 0.113 e. The van der Waals surface area contributed by atoms with E-state index < -0.39 is 0 Å². The Morgan fingerprint density at radius 1 is 0.140 bits per heavy atom. The summed E-state index contributed by atoms with van der Waals surface area (Å²) in [5.41, 5.74) is 29.3. The van der Waals surface area contributed by atoms with Crippen LogP contribution >= 0.6 is 0 Å². The average Bonchev–Trinajstić information content (AvgIpc) is 1.60. The molecule has 0 amide bonds. The van der Waals surface area contributed by atoms with Crippen molar-refractivity contribution in [2.75, 3.05) is 0 Å². The summed E-state index contributed by atoms with van der Waals surface area (Å²) in [6, 6.07) is 141. The molecule has 19 aromatic carbocycles. The van der Waals surface area contributed by atoms with Crippen molar-refractivity contribution in [3.63, 3.8) is 0 Å². The van der Waals surface area contributed by atoms with Gasteiger partial charge in [0.2, 0.25) is 0 Å². The van der Waals surface area contributed by atoms with Crippen molar-refractivity contribution in [2.45, 2.75) is 0 Å². The predicted octanol–water partition coefficient (Wildman–Crippen LogP) is 28.8. The molecule has 0 fully saturated rings. The summed E-state index contributed by atoms with van der Waals surface area (Å²) < 4.78 is 7.03. The zero-order valence-corrected chi connectivity index (χ0v) is 65.5. The lowest BCUT2D eigenvalue weighted by Gasteiger charge is -2.14. The van der Waals surface area contributed by atoms with Crippen molar-refractivity contribution in [2.24, 2.45) is 0 Å². The van der Waals surface area contributed by atoms with Crippen LogP contribution in [0.25, 0.3) is 225 Å². The van der Waals surface area contributed by atoms with E-state index in [1.807, 2.05) is 12.1 Å². The van der Waals surface area contributed by atoms with Crippen LogP contribution in [-0.2, 0) is 0 Å². The summed E-state index contributed by atoms with van der Waals surface area (Å²) in [5.74, 6) is 0. The van der Waals surface area contributed by atoms with Gasteiger partial charge in [0.1, 0.15) is 16.6 Å². The number of benzene rings is 19. The van der Waals surface area contributed by atoms with Crippen LogP contribution in [0.3, 0.4) is 0 Å². The van der Waals surface area contributed by atoms with E-state index >= 15 is 0 Å². The average molecular weight is 1540 g/mol. The fraction of sp³-hybridized carbons (Fsp3) is 0. The quantitative estimate of drug-likeness (QED) is 0.143. The number of para-hydroxylation sites is 3. The molecular formula is C112H71N9. The Morgan fingerprint density at radius 2 is 0.388 bits per heavy atom. The maximum atomic E-state index is 4.92. The van der Waals surface area contributed by atoms with Crippen LogP contribution in [0.4, 0.5) is 0 Å². The van der Waals surface area contributed by atoms with Gasteiger partial charge in [0.15, 0.2) is 0 Å². The minimum absolute atomic E-state index is 0.881. The van der Waals surface area contributed by atoms with Gasteiger partial charge in [-0.2, -0.15) is 0 Å². The molecule has 6 aromatic heterocycles. The number of fused-ring (bicyclic) bond motifs is 16. The Hall–Kier alpha value is -16.4. The van der Waals surface area contributed by atoms with Crippen molar-refractivity contribution in [3.8, 4) is 83.8 Å². The molecule has 9 nitrogen and oxygen atoms in total. The number of rotatable bonds is 9. The molecule has 25 rings (SSSR count). The summed E-state index contributed by atoms with van der Waals surface area (Å²) in [6.45, 7) is 0. The summed E-state index contributed by atoms with van der Waals surface area (Å²) in [4.78, 5) is 29.2. The Bertz CT molecular complexity index is 8380. The molecule has 0 N–H and O–H groups in total. The highest BCUT2D eigenvalue weighted by Gasteiger charge is 2.23. The van der Waals surface area contributed by atoms with Crippen LogP contribution in [0, 0.1) is 0 Å². The van der Waals surface area contributed by atoms with Gasteiger partial charge in [0, 0.05) is 86.2 Å². The molecule has 564 valence electrons. The van der Waals surface area contributed by atoms with Crippen LogP contribution < -0.4 is 0 Å². The first-order valence-electron chi connectivity index (χ1n) is 40.9. The van der Waals surface area contributed by atoms with E-state index in [-0.39, 0.29) is 0 Å². The molecule has 0 spiro atoms. The van der Waals surface area contributed by atoms with Crippen molar-refractivity contribution in [1.29, 1.82) is 0 Å². The zero-order valence-electron chi connectivity index (χ0n) is 65.5. The normalized spacial score (nSPS) is 11.6. The van der Waals surface area contributed by atoms with E-state index in [2.05, 4.69) is 396 Å². The predicted molar refractivity (Wildman–Crippen MR) is 504 cm³/mol. The molecule has 9 heteroatoms. The van der Waals surface area contributed by atoms with Crippen molar-refractivity contribution in [1.82, 2.24) is 43.6 Å². The van der Waals surface area contributed by atoms with Gasteiger partial charge in [0.05, 0.1) is 66.7 Å². The van der Waals surface area contributed by atoms with E-state index in [4.69, 9.17) is 29.9 Å². The van der Waals surface area contributed by atoms with Gasteiger partial charge in [-0.1, -0.05) is 303 Å². The first-order valence-corrected chi connectivity index (χ1v) is 40.9. The van der Waals surface area contributed by atoms with Crippen LogP contribution in [0.15, 0.2) is 431 Å². The molecule has 0 radical (unpaired) electrons. The minimum atomic E-state index is 0.881. The molecule has 0 bridgehead atoms. The van der Waals surface area contributed by atoms with Gasteiger partial charge < -0.3 is 13.7 Å². The van der Waals surface area contributed by atoms with Crippen LogP contribution in [0.2, 0.25) is 0 Å². The Morgan fingerprint density at radius 3 is 0.744 bits per heavy atom. The van der Waals surface area contributed by atoms with E-state index in [1.54, 1.807) is 37.2 Å². The summed E-state index contributed by atoms with van der Waals surface area (Å²) >= 11 is 0. The van der Waals surface area contributed by atoms with E-state index in [0.29, 0.717) is 0 Å². The second-order valence-electron chi connectivity index (χ2n) is 30.9. The van der Waals surface area contributed by atoms with Crippen LogP contribution in [0.1, 0.15) is 0 Å². The second kappa shape index (κ2) is 29.4. The molecule has 0 unspecified atom stereocenters. The maximum Gasteiger partial charge on any atom is 0.113 e. The highest BCUT2D eigenvalue weighted by molar-refractivity contribution is 6.18. The molecule has 0 atom stereocenters. The molecule has 0 aliphatic heterocycles. The second-order valence-corrected chi connectivity index (χ2v) is 30.9. The first-order chi connectivity index (χ1) is 60.0. The molecular weight excluding hydrogens is 1470 g/mol. The summed E-state index contributed by atoms with van der Waals surface area (Å²) in [7, 11) is 0. The first kappa shape index (κ1) is 70.1. The van der Waals surface area contributed by atoms with Gasteiger partial charge in [-0.3, -0.25) is 29.9 Å². The van der Waals surface area contributed by atoms with E-state index in [9.17, 15) is 0 Å². The number of aromatic nitrogens is 9. The summed E-state index contributed by atoms with van der Waals surface area (Å²) in [5, 5.41) is 17.3. The fourth-order valence-electron chi connectivity index (χ4n) is 18.4. The number of hydrogen-bond donors (Lipinski definition) is 0. The van der Waals surface area contributed by atoms with Crippen molar-refractivity contribution >= 4 is 142 Å². The lowest BCUT2D eigenvalue weighted by molar-refractivity contribution is 1.17. The largest absolute Gasteiger partial charge is 0.307 e. The van der Waals surface area contributed by atoms with Gasteiger partial charge in [0.25, 0.3) is 0 Å². The molecule has 25 aromatic rings. The Kier molecular flexibility index (Phi) is 17.0. The SMILES string of the molecule is c1ccc(-c2ccc(-c3ccc(-c4ccc(-n5c6ccccc6c6cc7ccccc7cc65)c5nccnc45)cc3)cc2)cc1.c1ccc(-c2ccc(-n3c4ccccc4c4cc5ccccc5cc43)c3nccnc23)cc1.c1ccc2cc3c(cc2c1)c1ccccc1n3-c1ccc(-c2ccc(-c3cccc4ccccc34)cc2)c2nccnc12. The van der Waals surface area contributed by atoms with Gasteiger partial charge in [-0.25, -0.2) is 0 Å². The zero-order chi connectivity index (χ0) is 79.9. The number of nitrogens with zero attached hydrogens (tertiary/aromatic N) is 9. The topological polar surface area (TPSA) is 92.1 Å². The third-order valence-corrected chi connectivity index (χ3v) is 24.1. The third-order valence-electron chi connectivity index (χ3n) is 24.1. The van der Waals surface area contributed by atoms with Gasteiger partial charge in [-0.15, -0.1) is 0 Å². The fourth-order valence-corrected chi connectivity index (χ4v) is 18.4. The van der Waals surface area contributed by atoms with Crippen molar-refractivity contribution in [3.05, 3.63) is 431 Å². The molecule has 0 saturated carbocycles. The molecule has 0 saturated heterocycles. The minimum Gasteiger partial charge on any atom is -0.307 e. The molecule has 6 heterocycles. The lowest BCUT2D eigenvalue weighted by Crippen LogP contribution is -1.99. The molecule has 121 heavy (non-hydrogen) atoms. The van der Waals surface area contributed by atoms with Crippen LogP contribution in [0.5, 0.6) is 0 Å². The van der Waals surface area contributed by atoms with Crippen molar-refractivity contribution < 1.29 is 0 Å². The maximum absolute atomic E-state index is 4.92. The third kappa shape index (κ3) is 12.2. The molecule has 0 aliphatic rings. The van der Waals surface area contributed by atoms with Crippen LogP contribution in [-0.4, -0.2) is 43.6 Å². The van der Waals surface area contributed by atoms with E-state index in [1.165, 1.54) is 125 Å². The lowest BCUT2D eigenvalue weighted by atomic mass is 9.95. The molecule has 0 aliphatic carbocycles. The van der Waals surface area contributed by atoms with Gasteiger partial charge >= 0.3 is 0 Å². The highest BCUT2D eigenvalue weighted by atomic mass is 15.0. The Labute approximate surface area is 696 Å².